The summed E-state index contributed by atoms with van der Waals surface area (Å²) in [5, 5.41) is 2.57. The zero-order valence-electron chi connectivity index (χ0n) is 39.2. The molecule has 13 rings (SSSR count). The van der Waals surface area contributed by atoms with Crippen molar-refractivity contribution in [2.24, 2.45) is 0 Å². The van der Waals surface area contributed by atoms with Gasteiger partial charge in [-0.2, -0.15) is 0 Å². The fourth-order valence-electron chi connectivity index (χ4n) is 12.1. The van der Waals surface area contributed by atoms with Crippen LogP contribution in [0.1, 0.15) is 68.4 Å². The third-order valence-corrected chi connectivity index (χ3v) is 15.7. The summed E-state index contributed by atoms with van der Waals surface area (Å²) >= 11 is 0. The van der Waals surface area contributed by atoms with Gasteiger partial charge in [0.2, 0.25) is 0 Å². The molecule has 0 saturated carbocycles. The maximum absolute atomic E-state index is 4.78. The number of aromatic nitrogens is 1. The van der Waals surface area contributed by atoms with Crippen molar-refractivity contribution in [3.63, 3.8) is 0 Å². The third-order valence-electron chi connectivity index (χ3n) is 15.7. The number of allylic oxidation sites excluding steroid dienone is 2. The van der Waals surface area contributed by atoms with Crippen molar-refractivity contribution in [3.8, 4) is 16.8 Å². The van der Waals surface area contributed by atoms with Gasteiger partial charge in [-0.15, -0.1) is 0 Å². The van der Waals surface area contributed by atoms with Gasteiger partial charge in [0.15, 0.2) is 0 Å². The largest absolute Gasteiger partial charge is 0.376 e. The molecule has 0 spiro atoms. The Bertz CT molecular complexity index is 3520. The molecule has 0 radical (unpaired) electrons. The summed E-state index contributed by atoms with van der Waals surface area (Å²) in [4.78, 5) is 7.52. The van der Waals surface area contributed by atoms with E-state index in [1.54, 1.807) is 0 Å². The lowest BCUT2D eigenvalue weighted by molar-refractivity contribution is 0.332. The van der Waals surface area contributed by atoms with Crippen molar-refractivity contribution < 1.29 is 0 Å². The van der Waals surface area contributed by atoms with E-state index in [0.29, 0.717) is 0 Å². The first-order valence-corrected chi connectivity index (χ1v) is 23.9. The molecule has 0 amide bonds. The van der Waals surface area contributed by atoms with Crippen LogP contribution < -0.4 is 25.5 Å². The second-order valence-corrected chi connectivity index (χ2v) is 20.6. The van der Waals surface area contributed by atoms with E-state index in [1.807, 2.05) is 0 Å². The maximum Gasteiger partial charge on any atom is 0.333 e. The van der Waals surface area contributed by atoms with Crippen LogP contribution in [0.15, 0.2) is 183 Å². The quantitative estimate of drug-likeness (QED) is 0.160. The predicted octanol–water partition coefficient (Wildman–Crippen LogP) is 14.7. The minimum absolute atomic E-state index is 0.0164. The first-order valence-electron chi connectivity index (χ1n) is 23.9. The van der Waals surface area contributed by atoms with E-state index in [-0.39, 0.29) is 17.7 Å². The molecule has 0 bridgehead atoms. The Morgan fingerprint density at radius 3 is 1.88 bits per heavy atom. The summed E-state index contributed by atoms with van der Waals surface area (Å²) in [6, 6.07) is 63.7. The van der Waals surface area contributed by atoms with Gasteiger partial charge in [0.1, 0.15) is 0 Å². The monoisotopic (exact) mass is 864 g/mol. The fourth-order valence-corrected chi connectivity index (χ4v) is 12.1. The molecule has 4 aliphatic rings. The Morgan fingerprint density at radius 2 is 1.21 bits per heavy atom. The van der Waals surface area contributed by atoms with Gasteiger partial charge in [0, 0.05) is 63.1 Å². The SMILES string of the molecule is C=C1C=C(c2ccccc2)N(C)c2cc3c(cc21)B1c2c(cc(N(c4ccccc4)c4ccccc4)c4c5cc6c(cc5n-3c24)C(C)(C)CCC6(C)C)-c2ccccc2N1c1ccc(C)cc1. The van der Waals surface area contributed by atoms with Crippen LogP contribution in [0.4, 0.5) is 34.1 Å². The average Bonchev–Trinajstić information content (AvgIpc) is 3.69. The first-order chi connectivity index (χ1) is 32.5. The van der Waals surface area contributed by atoms with E-state index < -0.39 is 0 Å². The number of hydrogen-bond donors (Lipinski definition) is 0. The van der Waals surface area contributed by atoms with E-state index in [0.717, 1.165) is 46.7 Å². The second-order valence-electron chi connectivity index (χ2n) is 20.6. The second kappa shape index (κ2) is 14.3. The topological polar surface area (TPSA) is 14.7 Å². The predicted molar refractivity (Wildman–Crippen MR) is 286 cm³/mol. The van der Waals surface area contributed by atoms with E-state index in [2.05, 4.69) is 237 Å². The van der Waals surface area contributed by atoms with Crippen LogP contribution in [-0.2, 0) is 10.8 Å². The summed E-state index contributed by atoms with van der Waals surface area (Å²) in [7, 11) is 2.22. The van der Waals surface area contributed by atoms with Crippen molar-refractivity contribution in [1.82, 2.24) is 4.57 Å². The highest BCUT2D eigenvalue weighted by molar-refractivity contribution is 6.94. The highest BCUT2D eigenvalue weighted by Gasteiger charge is 2.47. The first kappa shape index (κ1) is 39.8. The lowest BCUT2D eigenvalue weighted by Crippen LogP contribution is -2.60. The van der Waals surface area contributed by atoms with Crippen molar-refractivity contribution >= 4 is 85.0 Å². The molecule has 324 valence electrons. The number of para-hydroxylation sites is 3. The molecule has 67 heavy (non-hydrogen) atoms. The third kappa shape index (κ3) is 5.73. The summed E-state index contributed by atoms with van der Waals surface area (Å²) in [6.07, 6.45) is 4.56. The van der Waals surface area contributed by atoms with Gasteiger partial charge in [0.25, 0.3) is 0 Å². The summed E-state index contributed by atoms with van der Waals surface area (Å²) in [6.45, 7) is 16.7. The summed E-state index contributed by atoms with van der Waals surface area (Å²) < 4.78 is 2.68. The van der Waals surface area contributed by atoms with Gasteiger partial charge in [-0.05, 0) is 142 Å². The van der Waals surface area contributed by atoms with Gasteiger partial charge in [-0.1, -0.05) is 143 Å². The lowest BCUT2D eigenvalue weighted by Gasteiger charge is -2.43. The van der Waals surface area contributed by atoms with Crippen LogP contribution in [0.2, 0.25) is 0 Å². The van der Waals surface area contributed by atoms with Crippen LogP contribution in [0, 0.1) is 6.92 Å². The Labute approximate surface area is 394 Å². The molecule has 1 aromatic heterocycles. The van der Waals surface area contributed by atoms with Crippen molar-refractivity contribution in [2.75, 3.05) is 21.7 Å². The van der Waals surface area contributed by atoms with Crippen LogP contribution in [-0.4, -0.2) is 18.5 Å². The standard InChI is InChI=1S/C62H53BN4/c1-39-27-29-44(30-28-39)67-52-26-18-17-25-45(52)47-36-57(65(42-21-13-9-14-22-42)43-23-15-10-16-24-43)58-48-34-49-50(62(5,6)32-31-61(49,3)4)37-55(48)66-56-38-54-46(35-51(56)63(67)59(47)60(58)66)40(2)33-53(64(54)7)41-19-11-8-12-20-41/h8-30,33-38H,2,31-32H2,1,3-7H3. The van der Waals surface area contributed by atoms with Crippen LogP contribution >= 0.6 is 0 Å². The molecular weight excluding hydrogens is 812 g/mol. The molecule has 0 unspecified atom stereocenters. The molecule has 5 heteroatoms. The molecule has 0 N–H and O–H groups in total. The molecule has 3 aliphatic heterocycles. The average molecular weight is 865 g/mol. The van der Waals surface area contributed by atoms with Crippen molar-refractivity contribution in [1.29, 1.82) is 0 Å². The molecule has 0 saturated heterocycles. The molecule has 9 aromatic rings. The smallest absolute Gasteiger partial charge is 0.333 e. The Kier molecular flexibility index (Phi) is 8.47. The molecule has 0 fully saturated rings. The number of benzene rings is 8. The van der Waals surface area contributed by atoms with E-state index >= 15 is 0 Å². The zero-order chi connectivity index (χ0) is 45.5. The van der Waals surface area contributed by atoms with E-state index in [9.17, 15) is 0 Å². The van der Waals surface area contributed by atoms with Crippen LogP contribution in [0.3, 0.4) is 0 Å². The number of aryl methyl sites for hydroxylation is 1. The number of rotatable bonds is 5. The fraction of sp³-hybridized carbons (Fsp3) is 0.161. The van der Waals surface area contributed by atoms with E-state index in [1.165, 1.54) is 88.9 Å². The van der Waals surface area contributed by atoms with E-state index in [4.69, 9.17) is 6.58 Å². The molecule has 4 nitrogen and oxygen atoms in total. The zero-order valence-corrected chi connectivity index (χ0v) is 39.2. The Hall–Kier alpha value is -7.50. The van der Waals surface area contributed by atoms with Gasteiger partial charge in [-0.3, -0.25) is 0 Å². The summed E-state index contributed by atoms with van der Waals surface area (Å²) in [5.74, 6) is 0. The maximum atomic E-state index is 4.78. The highest BCUT2D eigenvalue weighted by atomic mass is 15.2. The molecular formula is C62H53BN4. The minimum atomic E-state index is -0.136. The minimum Gasteiger partial charge on any atom is -0.376 e. The molecule has 4 heterocycles. The molecule has 0 atom stereocenters. The molecule has 8 aromatic carbocycles. The van der Waals surface area contributed by atoms with Gasteiger partial charge < -0.3 is 19.2 Å². The normalized spacial score (nSPS) is 16.1. The van der Waals surface area contributed by atoms with Gasteiger partial charge in [0.05, 0.1) is 22.4 Å². The number of nitrogens with zero attached hydrogens (tertiary/aromatic N) is 4. The highest BCUT2D eigenvalue weighted by Crippen LogP contribution is 2.54. The lowest BCUT2D eigenvalue weighted by atomic mass is 9.43. The van der Waals surface area contributed by atoms with Crippen molar-refractivity contribution in [3.05, 3.63) is 210 Å². The number of anilines is 6. The number of fused-ring (bicyclic) bond motifs is 10. The number of hydrogen-bond acceptors (Lipinski definition) is 3. The van der Waals surface area contributed by atoms with Crippen LogP contribution in [0.5, 0.6) is 0 Å². The Morgan fingerprint density at radius 1 is 0.597 bits per heavy atom. The van der Waals surface area contributed by atoms with Gasteiger partial charge >= 0.3 is 6.85 Å². The van der Waals surface area contributed by atoms with Gasteiger partial charge in [-0.25, -0.2) is 0 Å². The molecule has 1 aliphatic carbocycles. The van der Waals surface area contributed by atoms with Crippen molar-refractivity contribution in [2.45, 2.75) is 58.3 Å². The van der Waals surface area contributed by atoms with Crippen LogP contribution in [0.25, 0.3) is 49.9 Å². The Balaban J connectivity index is 1.24. The summed E-state index contributed by atoms with van der Waals surface area (Å²) in [5.41, 5.74) is 24.6.